The Bertz CT molecular complexity index is 623. The maximum absolute atomic E-state index is 12.5. The van der Waals surface area contributed by atoms with Crippen molar-refractivity contribution in [1.82, 2.24) is 0 Å². The van der Waals surface area contributed by atoms with Gasteiger partial charge in [0.2, 0.25) is 0 Å². The molecule has 1 nitrogen and oxygen atoms in total. The molecular formula is C18H15BrO. The molecule has 0 aliphatic rings. The number of ketones is 1. The van der Waals surface area contributed by atoms with Crippen LogP contribution in [0, 0.1) is 18.3 Å². The number of carbonyl (C=O) groups is 1. The predicted octanol–water partition coefficient (Wildman–Crippen LogP) is 4.68. The van der Waals surface area contributed by atoms with Gasteiger partial charge in [-0.15, -0.1) is 6.42 Å². The summed E-state index contributed by atoms with van der Waals surface area (Å²) in [4.78, 5) is 12.5. The van der Waals surface area contributed by atoms with Gasteiger partial charge in [-0.3, -0.25) is 4.79 Å². The fourth-order valence-corrected chi connectivity index (χ4v) is 2.48. The molecule has 0 aliphatic carbocycles. The molecule has 2 rings (SSSR count). The van der Waals surface area contributed by atoms with E-state index in [2.05, 4.69) is 21.9 Å². The standard InChI is InChI=1S/C18H15BrO/c1-3-17(14-7-5-4-6-8-14)13(2)18(20)15-9-11-16(19)12-10-15/h1,4-13,17H,2H3/t13-,17-/m0/s1. The van der Waals surface area contributed by atoms with Gasteiger partial charge in [-0.1, -0.05) is 71.2 Å². The molecule has 0 fully saturated rings. The molecule has 0 saturated heterocycles. The minimum absolute atomic E-state index is 0.0734. The molecule has 0 bridgehead atoms. The van der Waals surface area contributed by atoms with Crippen LogP contribution in [0.3, 0.4) is 0 Å². The van der Waals surface area contributed by atoms with E-state index in [1.165, 1.54) is 0 Å². The second-order valence-corrected chi connectivity index (χ2v) is 5.63. The number of hydrogen-bond acceptors (Lipinski definition) is 1. The van der Waals surface area contributed by atoms with Crippen LogP contribution in [-0.2, 0) is 0 Å². The lowest BCUT2D eigenvalue weighted by Gasteiger charge is -2.18. The van der Waals surface area contributed by atoms with E-state index in [-0.39, 0.29) is 17.6 Å². The summed E-state index contributed by atoms with van der Waals surface area (Å²) in [6.07, 6.45) is 5.64. The topological polar surface area (TPSA) is 17.1 Å². The molecule has 100 valence electrons. The molecule has 2 aromatic rings. The minimum Gasteiger partial charge on any atom is -0.294 e. The molecule has 0 unspecified atom stereocenters. The van der Waals surface area contributed by atoms with Gasteiger partial charge < -0.3 is 0 Å². The van der Waals surface area contributed by atoms with Gasteiger partial charge in [0, 0.05) is 16.0 Å². The first-order chi connectivity index (χ1) is 9.63. The number of benzene rings is 2. The second kappa shape index (κ2) is 6.54. The van der Waals surface area contributed by atoms with Gasteiger partial charge in [0.15, 0.2) is 5.78 Å². The van der Waals surface area contributed by atoms with E-state index < -0.39 is 0 Å². The van der Waals surface area contributed by atoms with Crippen LogP contribution in [0.2, 0.25) is 0 Å². The van der Waals surface area contributed by atoms with Gasteiger partial charge in [0.25, 0.3) is 0 Å². The van der Waals surface area contributed by atoms with Gasteiger partial charge in [-0.25, -0.2) is 0 Å². The Balaban J connectivity index is 2.25. The summed E-state index contributed by atoms with van der Waals surface area (Å²) in [6.45, 7) is 1.89. The predicted molar refractivity (Wildman–Crippen MR) is 85.7 cm³/mol. The SMILES string of the molecule is C#C[C@H](c1ccccc1)[C@H](C)C(=O)c1ccc(Br)cc1. The molecule has 20 heavy (non-hydrogen) atoms. The van der Waals surface area contributed by atoms with E-state index in [0.29, 0.717) is 5.56 Å². The van der Waals surface area contributed by atoms with Crippen LogP contribution in [0.4, 0.5) is 0 Å². The summed E-state index contributed by atoms with van der Waals surface area (Å²) in [5.41, 5.74) is 1.70. The quantitative estimate of drug-likeness (QED) is 0.588. The van der Waals surface area contributed by atoms with Gasteiger partial charge in [0.1, 0.15) is 0 Å². The highest BCUT2D eigenvalue weighted by atomic mass is 79.9. The highest BCUT2D eigenvalue weighted by Gasteiger charge is 2.24. The van der Waals surface area contributed by atoms with E-state index in [9.17, 15) is 4.79 Å². The molecular weight excluding hydrogens is 312 g/mol. The number of terminal acetylenes is 1. The van der Waals surface area contributed by atoms with Gasteiger partial charge in [-0.05, 0) is 17.7 Å². The number of hydrogen-bond donors (Lipinski definition) is 0. The lowest BCUT2D eigenvalue weighted by molar-refractivity contribution is 0.0922. The fourth-order valence-electron chi connectivity index (χ4n) is 2.22. The number of Topliss-reactive ketones (excluding diaryl/α,β-unsaturated/α-hetero) is 1. The maximum atomic E-state index is 12.5. The summed E-state index contributed by atoms with van der Waals surface area (Å²) in [6, 6.07) is 17.1. The van der Waals surface area contributed by atoms with Crippen molar-refractivity contribution in [2.75, 3.05) is 0 Å². The van der Waals surface area contributed by atoms with Crippen LogP contribution in [-0.4, -0.2) is 5.78 Å². The van der Waals surface area contributed by atoms with Crippen molar-refractivity contribution in [1.29, 1.82) is 0 Å². The summed E-state index contributed by atoms with van der Waals surface area (Å²) >= 11 is 3.37. The van der Waals surface area contributed by atoms with E-state index in [0.717, 1.165) is 10.0 Å². The number of halogens is 1. The Labute approximate surface area is 128 Å². The summed E-state index contributed by atoms with van der Waals surface area (Å²) < 4.78 is 0.957. The van der Waals surface area contributed by atoms with E-state index in [4.69, 9.17) is 6.42 Å². The molecule has 0 aromatic heterocycles. The third-order valence-electron chi connectivity index (χ3n) is 3.38. The third kappa shape index (κ3) is 3.18. The van der Waals surface area contributed by atoms with E-state index in [1.807, 2.05) is 61.5 Å². The fraction of sp³-hybridized carbons (Fsp3) is 0.167. The van der Waals surface area contributed by atoms with Crippen molar-refractivity contribution < 1.29 is 4.79 Å². The lowest BCUT2D eigenvalue weighted by Crippen LogP contribution is -2.18. The van der Waals surface area contributed by atoms with Crippen LogP contribution in [0.25, 0.3) is 0 Å². The Morgan fingerprint density at radius 1 is 1.10 bits per heavy atom. The van der Waals surface area contributed by atoms with Crippen molar-refractivity contribution in [2.24, 2.45) is 5.92 Å². The first kappa shape index (κ1) is 14.6. The zero-order valence-electron chi connectivity index (χ0n) is 11.2. The lowest BCUT2D eigenvalue weighted by atomic mass is 9.83. The summed E-state index contributed by atoms with van der Waals surface area (Å²) in [7, 11) is 0. The Kier molecular flexibility index (Phi) is 4.76. The van der Waals surface area contributed by atoms with Crippen molar-refractivity contribution in [3.8, 4) is 12.3 Å². The normalized spacial score (nSPS) is 13.2. The van der Waals surface area contributed by atoms with Gasteiger partial charge in [0.05, 0.1) is 5.92 Å². The summed E-state index contributed by atoms with van der Waals surface area (Å²) in [5, 5.41) is 0. The minimum atomic E-state index is -0.247. The van der Waals surface area contributed by atoms with Crippen molar-refractivity contribution >= 4 is 21.7 Å². The molecule has 0 spiro atoms. The average molecular weight is 327 g/mol. The smallest absolute Gasteiger partial charge is 0.167 e. The van der Waals surface area contributed by atoms with Crippen LogP contribution in [0.15, 0.2) is 59.1 Å². The van der Waals surface area contributed by atoms with Crippen LogP contribution < -0.4 is 0 Å². The van der Waals surface area contributed by atoms with Gasteiger partial charge >= 0.3 is 0 Å². The highest BCUT2D eigenvalue weighted by molar-refractivity contribution is 9.10. The molecule has 0 heterocycles. The van der Waals surface area contributed by atoms with Gasteiger partial charge in [-0.2, -0.15) is 0 Å². The first-order valence-electron chi connectivity index (χ1n) is 6.44. The number of carbonyl (C=O) groups excluding carboxylic acids is 1. The molecule has 0 radical (unpaired) electrons. The largest absolute Gasteiger partial charge is 0.294 e. The molecule has 0 amide bonds. The first-order valence-corrected chi connectivity index (χ1v) is 7.23. The van der Waals surface area contributed by atoms with Crippen LogP contribution in [0.5, 0.6) is 0 Å². The maximum Gasteiger partial charge on any atom is 0.167 e. The molecule has 2 aromatic carbocycles. The van der Waals surface area contributed by atoms with E-state index >= 15 is 0 Å². The number of rotatable bonds is 4. The van der Waals surface area contributed by atoms with E-state index in [1.54, 1.807) is 0 Å². The molecule has 2 heteroatoms. The average Bonchev–Trinajstić information content (AvgIpc) is 2.49. The van der Waals surface area contributed by atoms with Crippen molar-refractivity contribution in [3.63, 3.8) is 0 Å². The molecule has 2 atom stereocenters. The molecule has 0 saturated carbocycles. The zero-order chi connectivity index (χ0) is 14.5. The monoisotopic (exact) mass is 326 g/mol. The van der Waals surface area contributed by atoms with Crippen molar-refractivity contribution in [3.05, 3.63) is 70.2 Å². The van der Waals surface area contributed by atoms with Crippen molar-refractivity contribution in [2.45, 2.75) is 12.8 Å². The van der Waals surface area contributed by atoms with Crippen LogP contribution in [0.1, 0.15) is 28.8 Å². The Morgan fingerprint density at radius 3 is 2.25 bits per heavy atom. The molecule has 0 N–H and O–H groups in total. The second-order valence-electron chi connectivity index (χ2n) is 4.71. The molecule has 0 aliphatic heterocycles. The summed E-state index contributed by atoms with van der Waals surface area (Å²) in [5.74, 6) is 2.38. The highest BCUT2D eigenvalue weighted by Crippen LogP contribution is 2.27. The third-order valence-corrected chi connectivity index (χ3v) is 3.91. The van der Waals surface area contributed by atoms with Crippen LogP contribution >= 0.6 is 15.9 Å². The Hall–Kier alpha value is -1.85. The zero-order valence-corrected chi connectivity index (χ0v) is 12.8. The Morgan fingerprint density at radius 2 is 1.70 bits per heavy atom.